The molecule has 1 aliphatic rings. The molecular weight excluding hydrogens is 162 g/mol. The summed E-state index contributed by atoms with van der Waals surface area (Å²) < 4.78 is 0. The van der Waals surface area contributed by atoms with E-state index >= 15 is 0 Å². The Bertz CT molecular complexity index is 188. The van der Waals surface area contributed by atoms with E-state index in [0.29, 0.717) is 6.42 Å². The van der Waals surface area contributed by atoms with Crippen LogP contribution in [-0.4, -0.2) is 12.3 Å². The summed E-state index contributed by atoms with van der Waals surface area (Å²) in [5.74, 6) is 0.284. The third-order valence-corrected chi connectivity index (χ3v) is 2.34. The summed E-state index contributed by atoms with van der Waals surface area (Å²) in [5, 5.41) is 3.27. The molecule has 0 spiro atoms. The van der Waals surface area contributed by atoms with Crippen LogP contribution in [0.2, 0.25) is 0 Å². The highest BCUT2D eigenvalue weighted by molar-refractivity contribution is 5.90. The lowest BCUT2D eigenvalue weighted by Gasteiger charge is -2.15. The molecule has 1 saturated heterocycles. The van der Waals surface area contributed by atoms with Crippen molar-refractivity contribution in [2.45, 2.75) is 45.4 Å². The van der Waals surface area contributed by atoms with Crippen LogP contribution in [0.5, 0.6) is 0 Å². The molecule has 1 rings (SSSR count). The minimum Gasteiger partial charge on any atom is -0.388 e. The summed E-state index contributed by atoms with van der Waals surface area (Å²) in [5.41, 5.74) is 1.15. The van der Waals surface area contributed by atoms with E-state index in [2.05, 4.69) is 12.2 Å². The molecule has 0 aromatic heterocycles. The molecule has 0 aromatic rings. The molecule has 1 N–H and O–H groups in total. The predicted octanol–water partition coefficient (Wildman–Crippen LogP) is 2.40. The van der Waals surface area contributed by atoms with Gasteiger partial charge >= 0.3 is 0 Å². The van der Waals surface area contributed by atoms with E-state index in [1.165, 1.54) is 12.8 Å². The molecule has 0 amide bonds. The van der Waals surface area contributed by atoms with Gasteiger partial charge in [-0.3, -0.25) is 4.79 Å². The number of allylic oxidation sites excluding steroid dienone is 2. The fourth-order valence-corrected chi connectivity index (χ4v) is 1.52. The molecule has 74 valence electrons. The molecular formula is C11H19NO. The molecule has 0 bridgehead atoms. The second-order valence-corrected chi connectivity index (χ2v) is 3.62. The normalized spacial score (nSPS) is 19.9. The number of ketones is 1. The summed E-state index contributed by atoms with van der Waals surface area (Å²) >= 11 is 0. The number of hydrogen-bond donors (Lipinski definition) is 1. The van der Waals surface area contributed by atoms with E-state index in [1.807, 2.05) is 0 Å². The van der Waals surface area contributed by atoms with Crippen molar-refractivity contribution in [3.05, 3.63) is 11.8 Å². The van der Waals surface area contributed by atoms with Gasteiger partial charge in [0.25, 0.3) is 0 Å². The maximum Gasteiger partial charge on any atom is 0.157 e. The van der Waals surface area contributed by atoms with Crippen molar-refractivity contribution in [3.8, 4) is 0 Å². The Morgan fingerprint density at radius 2 is 2.38 bits per heavy atom. The monoisotopic (exact) mass is 181 g/mol. The van der Waals surface area contributed by atoms with E-state index in [4.69, 9.17) is 0 Å². The maximum atomic E-state index is 11.4. The van der Waals surface area contributed by atoms with Crippen LogP contribution < -0.4 is 5.32 Å². The third-order valence-electron chi connectivity index (χ3n) is 2.34. The number of rotatable bonds is 4. The first-order valence-corrected chi connectivity index (χ1v) is 5.30. The van der Waals surface area contributed by atoms with Crippen LogP contribution in [0.4, 0.5) is 0 Å². The molecule has 13 heavy (non-hydrogen) atoms. The van der Waals surface area contributed by atoms with E-state index in [1.54, 1.807) is 6.08 Å². The number of carbonyl (C=O) groups excluding carboxylic acids is 1. The van der Waals surface area contributed by atoms with Crippen molar-refractivity contribution in [1.29, 1.82) is 0 Å². The van der Waals surface area contributed by atoms with E-state index in [9.17, 15) is 4.79 Å². The van der Waals surface area contributed by atoms with Gasteiger partial charge in [0.05, 0.1) is 0 Å². The summed E-state index contributed by atoms with van der Waals surface area (Å²) in [6.07, 6.45) is 8.14. The third kappa shape index (κ3) is 4.11. The van der Waals surface area contributed by atoms with Crippen LogP contribution in [0.15, 0.2) is 11.8 Å². The molecule has 0 atom stereocenters. The number of carbonyl (C=O) groups is 1. The lowest BCUT2D eigenvalue weighted by Crippen LogP contribution is -2.20. The molecule has 2 nitrogen and oxygen atoms in total. The molecule has 0 unspecified atom stereocenters. The van der Waals surface area contributed by atoms with E-state index in [0.717, 1.165) is 31.5 Å². The number of nitrogens with one attached hydrogen (secondary N) is 1. The molecule has 2 heteroatoms. The first-order valence-electron chi connectivity index (χ1n) is 5.30. The van der Waals surface area contributed by atoms with Crippen molar-refractivity contribution in [1.82, 2.24) is 5.32 Å². The highest BCUT2D eigenvalue weighted by atomic mass is 16.1. The zero-order valence-corrected chi connectivity index (χ0v) is 8.44. The zero-order valence-electron chi connectivity index (χ0n) is 8.44. The summed E-state index contributed by atoms with van der Waals surface area (Å²) in [7, 11) is 0. The fourth-order valence-electron chi connectivity index (χ4n) is 1.52. The van der Waals surface area contributed by atoms with Gasteiger partial charge in [-0.2, -0.15) is 0 Å². The smallest absolute Gasteiger partial charge is 0.157 e. The van der Waals surface area contributed by atoms with Gasteiger partial charge < -0.3 is 5.32 Å². The summed E-state index contributed by atoms with van der Waals surface area (Å²) in [4.78, 5) is 11.4. The van der Waals surface area contributed by atoms with Crippen molar-refractivity contribution in [2.24, 2.45) is 0 Å². The average Bonchev–Trinajstić information content (AvgIpc) is 2.16. The Labute approximate surface area is 80.4 Å². The van der Waals surface area contributed by atoms with Crippen LogP contribution >= 0.6 is 0 Å². The van der Waals surface area contributed by atoms with Gasteiger partial charge in [0.2, 0.25) is 0 Å². The van der Waals surface area contributed by atoms with Crippen molar-refractivity contribution in [3.63, 3.8) is 0 Å². The summed E-state index contributed by atoms with van der Waals surface area (Å²) in [6, 6.07) is 0. The van der Waals surface area contributed by atoms with Crippen LogP contribution in [0, 0.1) is 0 Å². The predicted molar refractivity (Wildman–Crippen MR) is 54.5 cm³/mol. The van der Waals surface area contributed by atoms with Gasteiger partial charge in [-0.1, -0.05) is 13.3 Å². The largest absolute Gasteiger partial charge is 0.388 e. The quantitative estimate of drug-likeness (QED) is 0.675. The van der Waals surface area contributed by atoms with Gasteiger partial charge in [0, 0.05) is 24.7 Å². The van der Waals surface area contributed by atoms with Crippen molar-refractivity contribution < 1.29 is 4.79 Å². The molecule has 0 saturated carbocycles. The van der Waals surface area contributed by atoms with Crippen molar-refractivity contribution >= 4 is 5.78 Å². The average molecular weight is 181 g/mol. The number of hydrogen-bond acceptors (Lipinski definition) is 2. The lowest BCUT2D eigenvalue weighted by molar-refractivity contribution is -0.114. The first kappa shape index (κ1) is 10.3. The second kappa shape index (κ2) is 5.79. The Kier molecular flexibility index (Phi) is 4.58. The Balaban J connectivity index is 2.30. The fraction of sp³-hybridized carbons (Fsp3) is 0.727. The van der Waals surface area contributed by atoms with Crippen LogP contribution in [0.1, 0.15) is 45.4 Å². The Hall–Kier alpha value is -0.790. The Morgan fingerprint density at radius 3 is 3.00 bits per heavy atom. The molecule has 1 fully saturated rings. The minimum atomic E-state index is 0.284. The van der Waals surface area contributed by atoms with Crippen LogP contribution in [-0.2, 0) is 4.79 Å². The highest BCUT2D eigenvalue weighted by Gasteiger charge is 2.05. The lowest BCUT2D eigenvalue weighted by atomic mass is 10.1. The first-order chi connectivity index (χ1) is 6.33. The Morgan fingerprint density at radius 1 is 1.54 bits per heavy atom. The highest BCUT2D eigenvalue weighted by Crippen LogP contribution is 2.10. The van der Waals surface area contributed by atoms with Crippen molar-refractivity contribution in [2.75, 3.05) is 6.54 Å². The molecule has 0 aliphatic carbocycles. The minimum absolute atomic E-state index is 0.284. The van der Waals surface area contributed by atoms with Gasteiger partial charge in [0.15, 0.2) is 5.78 Å². The zero-order chi connectivity index (χ0) is 9.52. The van der Waals surface area contributed by atoms with Gasteiger partial charge in [-0.15, -0.1) is 0 Å². The van der Waals surface area contributed by atoms with Crippen LogP contribution in [0.3, 0.4) is 0 Å². The maximum absolute atomic E-state index is 11.4. The summed E-state index contributed by atoms with van der Waals surface area (Å²) in [6.45, 7) is 3.15. The molecule has 0 radical (unpaired) electrons. The van der Waals surface area contributed by atoms with E-state index < -0.39 is 0 Å². The molecule has 0 aromatic carbocycles. The van der Waals surface area contributed by atoms with Crippen LogP contribution in [0.25, 0.3) is 0 Å². The van der Waals surface area contributed by atoms with Gasteiger partial charge in [0.1, 0.15) is 0 Å². The van der Waals surface area contributed by atoms with Gasteiger partial charge in [-0.25, -0.2) is 0 Å². The topological polar surface area (TPSA) is 29.1 Å². The van der Waals surface area contributed by atoms with Gasteiger partial charge in [-0.05, 0) is 25.7 Å². The standard InChI is InChI=1S/C11H19NO/c1-2-3-7-11(13)9-10-6-4-5-8-12-10/h9,12H,2-8H2,1H3/b10-9-. The van der Waals surface area contributed by atoms with E-state index in [-0.39, 0.29) is 5.78 Å². The molecule has 1 aliphatic heterocycles. The second-order valence-electron chi connectivity index (χ2n) is 3.62. The SMILES string of the molecule is CCCCC(=O)/C=C1/CCCCN1. The number of unbranched alkanes of at least 4 members (excludes halogenated alkanes) is 1. The number of piperidine rings is 1. The molecule has 1 heterocycles.